The number of urea groups is 1. The van der Waals surface area contributed by atoms with Crippen LogP contribution in [0.2, 0.25) is 0 Å². The van der Waals surface area contributed by atoms with Crippen molar-refractivity contribution in [3.63, 3.8) is 0 Å². The molecule has 1 atom stereocenters. The molecule has 2 aliphatic heterocycles. The van der Waals surface area contributed by atoms with Gasteiger partial charge in [0.05, 0.1) is 12.5 Å². The van der Waals surface area contributed by atoms with Crippen LogP contribution in [0.3, 0.4) is 0 Å². The second-order valence-corrected chi connectivity index (χ2v) is 6.70. The Morgan fingerprint density at radius 1 is 1.35 bits per heavy atom. The van der Waals surface area contributed by atoms with Gasteiger partial charge in [0.25, 0.3) is 0 Å². The number of hydrogen-bond donors (Lipinski definition) is 2. The average Bonchev–Trinajstić information content (AvgIpc) is 2.94. The van der Waals surface area contributed by atoms with Crippen molar-refractivity contribution in [2.24, 2.45) is 5.92 Å². The summed E-state index contributed by atoms with van der Waals surface area (Å²) in [6.07, 6.45) is 1.70. The van der Waals surface area contributed by atoms with Crippen LogP contribution in [0.15, 0.2) is 24.3 Å². The first-order chi connectivity index (χ1) is 12.5. The monoisotopic (exact) mass is 362 g/mol. The number of nitrogens with one attached hydrogen (secondary N) is 2. The van der Waals surface area contributed by atoms with E-state index in [-0.39, 0.29) is 43.2 Å². The highest BCUT2D eigenvalue weighted by Gasteiger charge is 2.29. The minimum Gasteiger partial charge on any atom is -0.354 e. The summed E-state index contributed by atoms with van der Waals surface area (Å²) in [5, 5.41) is 5.26. The molecule has 7 nitrogen and oxygen atoms in total. The Bertz CT molecular complexity index is 681. The van der Waals surface area contributed by atoms with Crippen LogP contribution in [0, 0.1) is 11.7 Å². The molecule has 1 aromatic carbocycles. The van der Waals surface area contributed by atoms with Crippen LogP contribution in [0.1, 0.15) is 18.4 Å². The lowest BCUT2D eigenvalue weighted by Crippen LogP contribution is -2.45. The first-order valence-corrected chi connectivity index (χ1v) is 8.85. The molecule has 3 rings (SSSR count). The van der Waals surface area contributed by atoms with Crippen LogP contribution >= 0.6 is 0 Å². The number of imide groups is 1. The Balaban J connectivity index is 1.45. The van der Waals surface area contributed by atoms with Crippen LogP contribution in [-0.2, 0) is 16.1 Å². The zero-order valence-electron chi connectivity index (χ0n) is 14.5. The van der Waals surface area contributed by atoms with Gasteiger partial charge in [-0.2, -0.15) is 0 Å². The van der Waals surface area contributed by atoms with Gasteiger partial charge in [-0.3, -0.25) is 19.4 Å². The Labute approximate surface area is 151 Å². The number of rotatable bonds is 6. The minimum absolute atomic E-state index is 0.0183. The highest BCUT2D eigenvalue weighted by atomic mass is 19.1. The van der Waals surface area contributed by atoms with Gasteiger partial charge in [0.15, 0.2) is 0 Å². The third-order valence-corrected chi connectivity index (χ3v) is 4.74. The largest absolute Gasteiger partial charge is 0.354 e. The highest BCUT2D eigenvalue weighted by Crippen LogP contribution is 2.19. The van der Waals surface area contributed by atoms with E-state index in [4.69, 9.17) is 0 Å². The number of amides is 4. The number of likely N-dealkylation sites (tertiary alicyclic amines) is 1. The number of carbonyl (C=O) groups is 3. The fraction of sp³-hybridized carbons (Fsp3) is 0.500. The number of hydrogen-bond acceptors (Lipinski definition) is 4. The summed E-state index contributed by atoms with van der Waals surface area (Å²) in [5.74, 6) is -0.737. The summed E-state index contributed by atoms with van der Waals surface area (Å²) in [6.45, 7) is 2.55. The topological polar surface area (TPSA) is 81.8 Å². The van der Waals surface area contributed by atoms with E-state index in [2.05, 4.69) is 15.5 Å². The van der Waals surface area contributed by atoms with E-state index in [0.717, 1.165) is 29.8 Å². The van der Waals surface area contributed by atoms with E-state index in [1.807, 2.05) is 6.07 Å². The van der Waals surface area contributed by atoms with Crippen molar-refractivity contribution in [3.05, 3.63) is 35.6 Å². The van der Waals surface area contributed by atoms with Crippen LogP contribution in [0.25, 0.3) is 0 Å². The Hall–Kier alpha value is -2.48. The molecule has 2 saturated heterocycles. The van der Waals surface area contributed by atoms with Crippen molar-refractivity contribution < 1.29 is 18.8 Å². The molecule has 8 heteroatoms. The second kappa shape index (κ2) is 8.27. The van der Waals surface area contributed by atoms with Gasteiger partial charge in [-0.05, 0) is 37.1 Å². The van der Waals surface area contributed by atoms with Crippen molar-refractivity contribution in [1.82, 2.24) is 20.4 Å². The summed E-state index contributed by atoms with van der Waals surface area (Å²) >= 11 is 0. The molecule has 1 unspecified atom stereocenters. The Morgan fingerprint density at radius 2 is 2.19 bits per heavy atom. The predicted molar refractivity (Wildman–Crippen MR) is 92.5 cm³/mol. The summed E-state index contributed by atoms with van der Waals surface area (Å²) in [4.78, 5) is 38.6. The van der Waals surface area contributed by atoms with E-state index in [1.54, 1.807) is 6.07 Å². The summed E-state index contributed by atoms with van der Waals surface area (Å²) in [7, 11) is 0. The predicted octanol–water partition coefficient (Wildman–Crippen LogP) is 0.706. The first-order valence-electron chi connectivity index (χ1n) is 8.85. The molecule has 0 saturated carbocycles. The van der Waals surface area contributed by atoms with Crippen molar-refractivity contribution >= 4 is 17.8 Å². The summed E-state index contributed by atoms with van der Waals surface area (Å²) in [5.41, 5.74) is 0.893. The summed E-state index contributed by atoms with van der Waals surface area (Å²) < 4.78 is 13.3. The van der Waals surface area contributed by atoms with Gasteiger partial charge in [-0.1, -0.05) is 12.1 Å². The fourth-order valence-electron chi connectivity index (χ4n) is 3.42. The van der Waals surface area contributed by atoms with Gasteiger partial charge in [0.2, 0.25) is 11.8 Å². The maximum Gasteiger partial charge on any atom is 0.324 e. The normalized spacial score (nSPS) is 21.0. The maximum absolute atomic E-state index is 13.3. The molecule has 2 fully saturated rings. The van der Waals surface area contributed by atoms with Gasteiger partial charge in [0.1, 0.15) is 5.82 Å². The van der Waals surface area contributed by atoms with Gasteiger partial charge < -0.3 is 10.6 Å². The second-order valence-electron chi connectivity index (χ2n) is 6.70. The molecule has 0 bridgehead atoms. The third kappa shape index (κ3) is 4.57. The Morgan fingerprint density at radius 3 is 2.92 bits per heavy atom. The molecule has 0 spiro atoms. The number of benzene rings is 1. The first kappa shape index (κ1) is 18.3. The molecular weight excluding hydrogens is 339 g/mol. The molecule has 26 heavy (non-hydrogen) atoms. The van der Waals surface area contributed by atoms with Crippen LogP contribution < -0.4 is 10.6 Å². The third-order valence-electron chi connectivity index (χ3n) is 4.74. The van der Waals surface area contributed by atoms with Gasteiger partial charge in [-0.15, -0.1) is 0 Å². The van der Waals surface area contributed by atoms with Gasteiger partial charge in [0, 0.05) is 26.2 Å². The number of piperidine rings is 1. The smallest absolute Gasteiger partial charge is 0.324 e. The lowest BCUT2D eigenvalue weighted by atomic mass is 9.96. The van der Waals surface area contributed by atoms with Crippen LogP contribution in [0.5, 0.6) is 0 Å². The van der Waals surface area contributed by atoms with Crippen LogP contribution in [-0.4, -0.2) is 60.4 Å². The van der Waals surface area contributed by atoms with E-state index < -0.39 is 6.03 Å². The SMILES string of the molecule is O=C(NCCN1C(=O)CNC1=O)C1CCCN(Cc2cccc(F)c2)C1. The quantitative estimate of drug-likeness (QED) is 0.730. The summed E-state index contributed by atoms with van der Waals surface area (Å²) in [6, 6.07) is 6.09. The number of halogens is 1. The minimum atomic E-state index is -0.414. The molecule has 140 valence electrons. The molecule has 2 heterocycles. The molecule has 2 aliphatic rings. The lowest BCUT2D eigenvalue weighted by Gasteiger charge is -2.32. The lowest BCUT2D eigenvalue weighted by molar-refractivity contribution is -0.128. The molecule has 2 N–H and O–H groups in total. The van der Waals surface area contributed by atoms with E-state index in [0.29, 0.717) is 13.1 Å². The van der Waals surface area contributed by atoms with E-state index in [1.165, 1.54) is 12.1 Å². The highest BCUT2D eigenvalue weighted by molar-refractivity contribution is 6.01. The van der Waals surface area contributed by atoms with Gasteiger partial charge in [-0.25, -0.2) is 9.18 Å². The number of carbonyl (C=O) groups excluding carboxylic acids is 3. The Kier molecular flexibility index (Phi) is 5.82. The average molecular weight is 362 g/mol. The molecule has 0 aliphatic carbocycles. The molecule has 0 radical (unpaired) electrons. The van der Waals surface area contributed by atoms with Crippen molar-refractivity contribution in [2.45, 2.75) is 19.4 Å². The molecular formula is C18H23FN4O3. The van der Waals surface area contributed by atoms with Crippen molar-refractivity contribution in [1.29, 1.82) is 0 Å². The van der Waals surface area contributed by atoms with E-state index in [9.17, 15) is 18.8 Å². The molecule has 4 amide bonds. The van der Waals surface area contributed by atoms with Crippen molar-refractivity contribution in [2.75, 3.05) is 32.7 Å². The molecule has 1 aromatic rings. The standard InChI is InChI=1S/C18H23FN4O3/c19-15-5-1-3-13(9-15)11-22-7-2-4-14(12-22)17(25)20-6-8-23-16(24)10-21-18(23)26/h1,3,5,9,14H,2,4,6-8,10-12H2,(H,20,25)(H,21,26). The van der Waals surface area contributed by atoms with Crippen LogP contribution in [0.4, 0.5) is 9.18 Å². The molecule has 0 aromatic heterocycles. The maximum atomic E-state index is 13.3. The van der Waals surface area contributed by atoms with E-state index >= 15 is 0 Å². The fourth-order valence-corrected chi connectivity index (χ4v) is 3.42. The van der Waals surface area contributed by atoms with Crippen molar-refractivity contribution in [3.8, 4) is 0 Å². The zero-order chi connectivity index (χ0) is 18.5. The zero-order valence-corrected chi connectivity index (χ0v) is 14.5. The number of nitrogens with zero attached hydrogens (tertiary/aromatic N) is 2. The van der Waals surface area contributed by atoms with Gasteiger partial charge >= 0.3 is 6.03 Å².